The maximum Gasteiger partial charge on any atom is 0.274 e. The number of carbonyl (C=O) groups excluding carboxylic acids is 1. The van der Waals surface area contributed by atoms with Gasteiger partial charge in [-0.05, 0) is 36.6 Å². The molecule has 0 spiro atoms. The number of halogens is 2. The van der Waals surface area contributed by atoms with E-state index in [1.54, 1.807) is 28.6 Å². The van der Waals surface area contributed by atoms with Crippen molar-refractivity contribution in [3.05, 3.63) is 63.6 Å². The fraction of sp³-hybridized carbons (Fsp3) is 0.375. The van der Waals surface area contributed by atoms with Crippen molar-refractivity contribution in [2.75, 3.05) is 19.7 Å². The summed E-state index contributed by atoms with van der Waals surface area (Å²) in [4.78, 5) is 25.8. The number of hydrogen-bond acceptors (Lipinski definition) is 8. The summed E-state index contributed by atoms with van der Waals surface area (Å²) in [5.74, 6) is -3.02. The smallest absolute Gasteiger partial charge is 0.274 e. The van der Waals surface area contributed by atoms with Gasteiger partial charge in [-0.1, -0.05) is 24.1 Å². The Morgan fingerprint density at radius 2 is 2.00 bits per heavy atom. The summed E-state index contributed by atoms with van der Waals surface area (Å²) < 4.78 is 34.9. The highest BCUT2D eigenvalue weighted by Gasteiger charge is 2.52. The normalized spacial score (nSPS) is 17.7. The molecule has 1 N–H and O–H groups in total. The van der Waals surface area contributed by atoms with Crippen molar-refractivity contribution in [2.45, 2.75) is 30.1 Å². The van der Waals surface area contributed by atoms with Gasteiger partial charge in [0.2, 0.25) is 0 Å². The standard InChI is InChI=1S/C24H22F2N6O3S/c1-31-19-17(8-18(22(31)34)20(33)28-10-16-4-2-15(9-27)3-5-16)11-29-30-21(19)35-14-23(6-7-23)36-32-12-24(25,26)13-32/h2-5,8,11H,6-7,10,12-14H2,1H3,(H,28,33). The number of fused-ring (bicyclic) bond motifs is 1. The summed E-state index contributed by atoms with van der Waals surface area (Å²) in [6, 6.07) is 10.3. The molecule has 1 saturated carbocycles. The highest BCUT2D eigenvalue weighted by Crippen LogP contribution is 2.52. The number of aryl methyl sites for hydroxylation is 1. The quantitative estimate of drug-likeness (QED) is 0.459. The summed E-state index contributed by atoms with van der Waals surface area (Å²) in [6.07, 6.45) is 3.11. The molecule has 1 amide bonds. The van der Waals surface area contributed by atoms with Crippen molar-refractivity contribution in [1.82, 2.24) is 24.4 Å². The minimum absolute atomic E-state index is 0.0504. The van der Waals surface area contributed by atoms with Crippen LogP contribution in [0.5, 0.6) is 5.88 Å². The van der Waals surface area contributed by atoms with Crippen LogP contribution in [0.15, 0.2) is 41.3 Å². The molecule has 186 valence electrons. The van der Waals surface area contributed by atoms with E-state index in [1.165, 1.54) is 35.8 Å². The Morgan fingerprint density at radius 1 is 1.28 bits per heavy atom. The molecule has 0 bridgehead atoms. The van der Waals surface area contributed by atoms with E-state index >= 15 is 0 Å². The van der Waals surface area contributed by atoms with E-state index in [9.17, 15) is 18.4 Å². The van der Waals surface area contributed by atoms with E-state index in [-0.39, 0.29) is 42.4 Å². The highest BCUT2D eigenvalue weighted by atomic mass is 32.2. The summed E-state index contributed by atoms with van der Waals surface area (Å²) >= 11 is 1.39. The number of hydrogen-bond donors (Lipinski definition) is 1. The van der Waals surface area contributed by atoms with Crippen LogP contribution in [0.25, 0.3) is 10.9 Å². The number of rotatable bonds is 8. The number of aromatic nitrogens is 3. The lowest BCUT2D eigenvalue weighted by Gasteiger charge is -2.39. The summed E-state index contributed by atoms with van der Waals surface area (Å²) in [7, 11) is 1.53. The predicted molar refractivity (Wildman–Crippen MR) is 129 cm³/mol. The van der Waals surface area contributed by atoms with Crippen molar-refractivity contribution in [2.24, 2.45) is 7.05 Å². The van der Waals surface area contributed by atoms with Gasteiger partial charge in [-0.3, -0.25) is 9.59 Å². The molecule has 2 aliphatic rings. The fourth-order valence-corrected chi connectivity index (χ4v) is 5.41. The Kier molecular flexibility index (Phi) is 6.13. The van der Waals surface area contributed by atoms with Crippen molar-refractivity contribution < 1.29 is 18.3 Å². The Labute approximate surface area is 209 Å². The molecular formula is C24H22F2N6O3S. The lowest BCUT2D eigenvalue weighted by molar-refractivity contribution is -0.0908. The lowest BCUT2D eigenvalue weighted by Crippen LogP contribution is -2.53. The van der Waals surface area contributed by atoms with Crippen LogP contribution in [0, 0.1) is 11.3 Å². The molecule has 0 radical (unpaired) electrons. The first-order valence-electron chi connectivity index (χ1n) is 11.3. The third kappa shape index (κ3) is 4.89. The molecule has 9 nitrogen and oxygen atoms in total. The first-order chi connectivity index (χ1) is 17.2. The van der Waals surface area contributed by atoms with E-state index in [0.29, 0.717) is 16.5 Å². The average molecular weight is 513 g/mol. The topological polar surface area (TPSA) is 113 Å². The van der Waals surface area contributed by atoms with Crippen LogP contribution in [-0.2, 0) is 13.6 Å². The van der Waals surface area contributed by atoms with Gasteiger partial charge in [0, 0.05) is 19.0 Å². The second-order valence-corrected chi connectivity index (χ2v) is 10.6. The SMILES string of the molecule is Cn1c(=O)c(C(=O)NCc2ccc(C#N)cc2)cc2cnnc(OCC3(SN4CC(F)(F)C4)CC3)c21. The monoisotopic (exact) mass is 512 g/mol. The molecule has 2 fully saturated rings. The molecule has 1 aliphatic heterocycles. The Hall–Kier alpha value is -3.56. The summed E-state index contributed by atoms with van der Waals surface area (Å²) in [5.41, 5.74) is 1.13. The van der Waals surface area contributed by atoms with Gasteiger partial charge >= 0.3 is 0 Å². The largest absolute Gasteiger partial charge is 0.474 e. The number of alkyl halides is 2. The average Bonchev–Trinajstić information content (AvgIpc) is 3.62. The number of pyridine rings is 1. The number of amides is 1. The first kappa shape index (κ1) is 24.1. The van der Waals surface area contributed by atoms with Crippen LogP contribution in [0.4, 0.5) is 8.78 Å². The molecule has 1 aromatic carbocycles. The van der Waals surface area contributed by atoms with Gasteiger partial charge < -0.3 is 14.6 Å². The van der Waals surface area contributed by atoms with Crippen LogP contribution in [0.3, 0.4) is 0 Å². The Bertz CT molecular complexity index is 1420. The number of benzene rings is 1. The van der Waals surface area contributed by atoms with Gasteiger partial charge in [-0.2, -0.15) is 10.4 Å². The first-order valence-corrected chi connectivity index (χ1v) is 12.0. The molecule has 0 atom stereocenters. The second kappa shape index (κ2) is 9.15. The van der Waals surface area contributed by atoms with Crippen LogP contribution < -0.4 is 15.6 Å². The molecule has 3 aromatic rings. The molecule has 1 aliphatic carbocycles. The van der Waals surface area contributed by atoms with Gasteiger partial charge in [-0.25, -0.2) is 13.1 Å². The van der Waals surface area contributed by atoms with Crippen LogP contribution in [0.1, 0.15) is 34.3 Å². The summed E-state index contributed by atoms with van der Waals surface area (Å²) in [5, 5.41) is 20.1. The maximum atomic E-state index is 13.2. The van der Waals surface area contributed by atoms with Crippen molar-refractivity contribution in [1.29, 1.82) is 5.26 Å². The van der Waals surface area contributed by atoms with E-state index in [2.05, 4.69) is 15.5 Å². The van der Waals surface area contributed by atoms with Crippen LogP contribution in [-0.4, -0.2) is 55.3 Å². The number of nitrogens with zero attached hydrogens (tertiary/aromatic N) is 5. The molecule has 3 heterocycles. The van der Waals surface area contributed by atoms with Crippen molar-refractivity contribution in [3.8, 4) is 11.9 Å². The van der Waals surface area contributed by atoms with E-state index in [0.717, 1.165) is 18.4 Å². The zero-order valence-corrected chi connectivity index (χ0v) is 20.1. The molecule has 0 unspecified atom stereocenters. The van der Waals surface area contributed by atoms with E-state index < -0.39 is 17.4 Å². The lowest BCUT2D eigenvalue weighted by atomic mass is 10.1. The van der Waals surface area contributed by atoms with Crippen LogP contribution in [0.2, 0.25) is 0 Å². The maximum absolute atomic E-state index is 13.2. The zero-order valence-electron chi connectivity index (χ0n) is 19.3. The molecule has 12 heteroatoms. The molecule has 5 rings (SSSR count). The van der Waals surface area contributed by atoms with Gasteiger partial charge in [0.25, 0.3) is 23.3 Å². The Balaban J connectivity index is 1.30. The van der Waals surface area contributed by atoms with Crippen molar-refractivity contribution in [3.63, 3.8) is 0 Å². The van der Waals surface area contributed by atoms with Gasteiger partial charge in [-0.15, -0.1) is 5.10 Å². The van der Waals surface area contributed by atoms with Gasteiger partial charge in [0.15, 0.2) is 0 Å². The predicted octanol–water partition coefficient (Wildman–Crippen LogP) is 2.64. The third-order valence-corrected chi connectivity index (χ3v) is 7.62. The fourth-order valence-electron chi connectivity index (χ4n) is 3.96. The molecular weight excluding hydrogens is 490 g/mol. The summed E-state index contributed by atoms with van der Waals surface area (Å²) in [6.45, 7) is -0.0953. The number of nitriles is 1. The van der Waals surface area contributed by atoms with Crippen LogP contribution >= 0.6 is 11.9 Å². The highest BCUT2D eigenvalue weighted by molar-refractivity contribution is 7.98. The minimum Gasteiger partial charge on any atom is -0.474 e. The minimum atomic E-state index is -2.63. The number of ether oxygens (including phenoxy) is 1. The van der Waals surface area contributed by atoms with E-state index in [4.69, 9.17) is 10.00 Å². The number of carbonyl (C=O) groups is 1. The number of nitrogens with one attached hydrogen (secondary N) is 1. The molecule has 36 heavy (non-hydrogen) atoms. The second-order valence-electron chi connectivity index (χ2n) is 9.08. The Morgan fingerprint density at radius 3 is 2.64 bits per heavy atom. The van der Waals surface area contributed by atoms with Crippen molar-refractivity contribution >= 4 is 28.8 Å². The zero-order chi connectivity index (χ0) is 25.5. The van der Waals surface area contributed by atoms with E-state index in [1.807, 2.05) is 6.07 Å². The van der Waals surface area contributed by atoms with Gasteiger partial charge in [0.1, 0.15) is 17.7 Å². The van der Waals surface area contributed by atoms with Gasteiger partial charge in [0.05, 0.1) is 35.7 Å². The third-order valence-electron chi connectivity index (χ3n) is 6.19. The molecule has 1 saturated heterocycles. The molecule has 2 aromatic heterocycles.